The summed E-state index contributed by atoms with van der Waals surface area (Å²) < 4.78 is 23.0. The normalized spacial score (nSPS) is 13.0. The van der Waals surface area contributed by atoms with Gasteiger partial charge in [-0.25, -0.2) is 0 Å². The maximum Gasteiger partial charge on any atom is 0.306 e. The molecule has 0 amide bonds. The van der Waals surface area contributed by atoms with Crippen molar-refractivity contribution in [2.24, 2.45) is 0 Å². The third kappa shape index (κ3) is 5.06. The van der Waals surface area contributed by atoms with Crippen molar-refractivity contribution in [1.82, 2.24) is 0 Å². The number of benzene rings is 2. The zero-order valence-corrected chi connectivity index (χ0v) is 19.6. The van der Waals surface area contributed by atoms with Gasteiger partial charge in [-0.05, 0) is 49.9 Å². The summed E-state index contributed by atoms with van der Waals surface area (Å²) in [6.07, 6.45) is 3.31. The van der Waals surface area contributed by atoms with E-state index in [-0.39, 0.29) is 18.4 Å². The Hall–Kier alpha value is -3.02. The van der Waals surface area contributed by atoms with Crippen molar-refractivity contribution >= 4 is 11.8 Å². The molecule has 0 heterocycles. The summed E-state index contributed by atoms with van der Waals surface area (Å²) in [6.45, 7) is 5.81. The number of unbranched alkanes of at least 4 members (excludes halogenated alkanes) is 1. The Bertz CT molecular complexity index is 992. The lowest BCUT2D eigenvalue weighted by molar-refractivity contribution is -0.159. The average molecular weight is 441 g/mol. The van der Waals surface area contributed by atoms with Crippen LogP contribution in [0, 0.1) is 0 Å². The number of fused-ring (bicyclic) bond motifs is 1. The van der Waals surface area contributed by atoms with E-state index in [4.69, 9.17) is 18.9 Å². The predicted molar refractivity (Wildman–Crippen MR) is 123 cm³/mol. The monoisotopic (exact) mass is 440 g/mol. The fourth-order valence-corrected chi connectivity index (χ4v) is 3.95. The van der Waals surface area contributed by atoms with Crippen LogP contribution in [0.25, 0.3) is 11.1 Å². The quantitative estimate of drug-likeness (QED) is 0.461. The van der Waals surface area contributed by atoms with E-state index in [2.05, 4.69) is 0 Å². The molecule has 1 aliphatic rings. The molecule has 6 heteroatoms. The van der Waals surface area contributed by atoms with Crippen molar-refractivity contribution in [2.45, 2.75) is 58.5 Å². The van der Waals surface area contributed by atoms with E-state index < -0.39 is 5.60 Å². The molecule has 0 aromatic heterocycles. The van der Waals surface area contributed by atoms with E-state index >= 15 is 0 Å². The minimum Gasteiger partial charge on any atom is -0.493 e. The highest BCUT2D eigenvalue weighted by Crippen LogP contribution is 2.46. The van der Waals surface area contributed by atoms with Gasteiger partial charge >= 0.3 is 5.97 Å². The van der Waals surface area contributed by atoms with Crippen LogP contribution in [0.4, 0.5) is 0 Å². The van der Waals surface area contributed by atoms with Gasteiger partial charge in [0.25, 0.3) is 0 Å². The number of carbonyl (C=O) groups is 2. The summed E-state index contributed by atoms with van der Waals surface area (Å²) in [5, 5.41) is 0. The lowest BCUT2D eigenvalue weighted by Crippen LogP contribution is -2.35. The molecule has 2 aromatic rings. The lowest BCUT2D eigenvalue weighted by Gasteiger charge is -2.27. The topological polar surface area (TPSA) is 71.1 Å². The van der Waals surface area contributed by atoms with Gasteiger partial charge < -0.3 is 18.9 Å². The highest BCUT2D eigenvalue weighted by molar-refractivity contribution is 6.02. The highest BCUT2D eigenvalue weighted by Gasteiger charge is 2.29. The van der Waals surface area contributed by atoms with Crippen LogP contribution in [0.3, 0.4) is 0 Å². The van der Waals surface area contributed by atoms with Crippen LogP contribution in [-0.2, 0) is 16.0 Å². The Morgan fingerprint density at radius 3 is 2.41 bits per heavy atom. The minimum atomic E-state index is -0.829. The van der Waals surface area contributed by atoms with Gasteiger partial charge in [0, 0.05) is 24.0 Å². The third-order valence-electron chi connectivity index (χ3n) is 5.56. The maximum atomic E-state index is 12.3. The molecule has 172 valence electrons. The van der Waals surface area contributed by atoms with Gasteiger partial charge in [-0.1, -0.05) is 31.5 Å². The van der Waals surface area contributed by atoms with Gasteiger partial charge in [-0.15, -0.1) is 0 Å². The molecule has 0 saturated heterocycles. The van der Waals surface area contributed by atoms with Gasteiger partial charge in [0.2, 0.25) is 5.75 Å². The molecule has 0 unspecified atom stereocenters. The fraction of sp³-hybridized carbons (Fsp3) is 0.462. The van der Waals surface area contributed by atoms with Crippen molar-refractivity contribution in [2.75, 3.05) is 20.8 Å². The Morgan fingerprint density at radius 2 is 1.72 bits per heavy atom. The molecule has 0 atom stereocenters. The summed E-state index contributed by atoms with van der Waals surface area (Å²) in [6, 6.07) is 9.48. The number of methoxy groups -OCH3 is 2. The largest absolute Gasteiger partial charge is 0.493 e. The zero-order valence-electron chi connectivity index (χ0n) is 19.6. The van der Waals surface area contributed by atoms with Crippen molar-refractivity contribution < 1.29 is 28.5 Å². The molecule has 0 bridgehead atoms. The number of ketones is 1. The third-order valence-corrected chi connectivity index (χ3v) is 5.56. The molecule has 3 rings (SSSR count). The summed E-state index contributed by atoms with van der Waals surface area (Å²) >= 11 is 0. The first-order valence-corrected chi connectivity index (χ1v) is 11.1. The summed E-state index contributed by atoms with van der Waals surface area (Å²) in [7, 11) is 3.13. The van der Waals surface area contributed by atoms with Crippen molar-refractivity contribution in [1.29, 1.82) is 0 Å². The number of hydrogen-bond donors (Lipinski definition) is 0. The minimum absolute atomic E-state index is 0.134. The molecular formula is C26H32O6. The summed E-state index contributed by atoms with van der Waals surface area (Å²) in [5.74, 6) is 1.41. The van der Waals surface area contributed by atoms with Crippen LogP contribution in [-0.4, -0.2) is 38.2 Å². The van der Waals surface area contributed by atoms with Crippen molar-refractivity contribution in [3.63, 3.8) is 0 Å². The summed E-state index contributed by atoms with van der Waals surface area (Å²) in [4.78, 5) is 24.4. The highest BCUT2D eigenvalue weighted by atomic mass is 16.6. The molecule has 1 aliphatic carbocycles. The second-order valence-corrected chi connectivity index (χ2v) is 8.56. The maximum absolute atomic E-state index is 12.3. The van der Waals surface area contributed by atoms with Gasteiger partial charge in [-0.3, -0.25) is 9.59 Å². The van der Waals surface area contributed by atoms with Gasteiger partial charge in [0.05, 0.1) is 14.2 Å². The van der Waals surface area contributed by atoms with Crippen LogP contribution >= 0.6 is 0 Å². The standard InChI is InChI=1S/C26H32O6/c1-6-7-11-23(28)32-26(2,3)16-31-24-20(13-15-22(29-4)25(24)30-5)17-9-8-10-19-18(17)12-14-21(19)27/h8-10,13,15H,6-7,11-12,14,16H2,1-5H3. The van der Waals surface area contributed by atoms with Gasteiger partial charge in [0.1, 0.15) is 12.2 Å². The van der Waals surface area contributed by atoms with Gasteiger partial charge in [-0.2, -0.15) is 0 Å². The Morgan fingerprint density at radius 1 is 0.969 bits per heavy atom. The first-order chi connectivity index (χ1) is 15.3. The van der Waals surface area contributed by atoms with Crippen molar-refractivity contribution in [3.8, 4) is 28.4 Å². The summed E-state index contributed by atoms with van der Waals surface area (Å²) in [5.41, 5.74) is 2.68. The number of hydrogen-bond acceptors (Lipinski definition) is 6. The molecule has 32 heavy (non-hydrogen) atoms. The first-order valence-electron chi connectivity index (χ1n) is 11.1. The van der Waals surface area contributed by atoms with Crippen molar-refractivity contribution in [3.05, 3.63) is 41.5 Å². The molecular weight excluding hydrogens is 408 g/mol. The zero-order chi connectivity index (χ0) is 23.3. The molecule has 0 radical (unpaired) electrons. The fourth-order valence-electron chi connectivity index (χ4n) is 3.95. The first kappa shape index (κ1) is 23.6. The molecule has 6 nitrogen and oxygen atoms in total. The van der Waals surface area contributed by atoms with Gasteiger partial charge in [0.15, 0.2) is 17.3 Å². The number of carbonyl (C=O) groups excluding carboxylic acids is 2. The molecule has 0 spiro atoms. The number of esters is 1. The molecule has 0 saturated carbocycles. The SMILES string of the molecule is CCCCC(=O)OC(C)(C)COc1c(-c2cccc3c2CCC3=O)ccc(OC)c1OC. The average Bonchev–Trinajstić information content (AvgIpc) is 3.16. The van der Waals surface area contributed by atoms with E-state index in [1.54, 1.807) is 14.2 Å². The van der Waals surface area contributed by atoms with E-state index in [1.807, 2.05) is 51.1 Å². The van der Waals surface area contributed by atoms with Crippen LogP contribution in [0.1, 0.15) is 62.4 Å². The smallest absolute Gasteiger partial charge is 0.306 e. The lowest BCUT2D eigenvalue weighted by atomic mass is 9.95. The van der Waals surface area contributed by atoms with Crippen LogP contribution in [0.5, 0.6) is 17.2 Å². The van der Waals surface area contributed by atoms with E-state index in [0.29, 0.717) is 36.5 Å². The Labute approximate surface area is 189 Å². The van der Waals surface area contributed by atoms with E-state index in [9.17, 15) is 9.59 Å². The van der Waals surface area contributed by atoms with Crippen LogP contribution in [0.15, 0.2) is 30.3 Å². The Balaban J connectivity index is 1.96. The van der Waals surface area contributed by atoms with E-state index in [1.165, 1.54) is 0 Å². The Kier molecular flexibility index (Phi) is 7.44. The number of ether oxygens (including phenoxy) is 4. The number of rotatable bonds is 10. The molecule has 2 aromatic carbocycles. The molecule has 0 aliphatic heterocycles. The molecule has 0 N–H and O–H groups in total. The predicted octanol–water partition coefficient (Wildman–Crippen LogP) is 5.39. The second-order valence-electron chi connectivity index (χ2n) is 8.56. The van der Waals surface area contributed by atoms with Crippen LogP contribution < -0.4 is 14.2 Å². The molecule has 0 fully saturated rings. The number of Topliss-reactive ketones (excluding diaryl/α,β-unsaturated/α-hetero) is 1. The van der Waals surface area contributed by atoms with Crippen LogP contribution in [0.2, 0.25) is 0 Å². The second kappa shape index (κ2) is 10.1. The van der Waals surface area contributed by atoms with E-state index in [0.717, 1.165) is 35.1 Å².